The highest BCUT2D eigenvalue weighted by Crippen LogP contribution is 2.70. The Kier molecular flexibility index (Phi) is 8.61. The average Bonchev–Trinajstić information content (AvgIpc) is 2.50. The van der Waals surface area contributed by atoms with Gasteiger partial charge < -0.3 is 18.1 Å². The number of hydrogen-bond acceptors (Lipinski definition) is 6. The monoisotopic (exact) mass is 380 g/mol. The van der Waals surface area contributed by atoms with E-state index in [0.717, 1.165) is 5.57 Å². The van der Waals surface area contributed by atoms with Crippen LogP contribution in [-0.4, -0.2) is 26.4 Å². The molecule has 0 amide bonds. The van der Waals surface area contributed by atoms with Gasteiger partial charge in [-0.25, -0.2) is 0 Å². The molecular weight excluding hydrogens is 350 g/mol. The lowest BCUT2D eigenvalue weighted by Crippen LogP contribution is -2.15. The van der Waals surface area contributed by atoms with Crippen LogP contribution in [0, 0.1) is 5.92 Å². The maximum absolute atomic E-state index is 13.4. The van der Waals surface area contributed by atoms with Crippen LogP contribution in [0.2, 0.25) is 0 Å². The fourth-order valence-electron chi connectivity index (χ4n) is 2.70. The van der Waals surface area contributed by atoms with E-state index < -0.39 is 15.2 Å². The first-order chi connectivity index (χ1) is 11.3. The predicted octanol–water partition coefficient (Wildman–Crippen LogP) is 5.72. The van der Waals surface area contributed by atoms with E-state index in [1.165, 1.54) is 0 Å². The Labute approximate surface area is 145 Å². The molecule has 0 saturated carbocycles. The lowest BCUT2D eigenvalue weighted by atomic mass is 9.96. The number of hydrogen-bond donors (Lipinski definition) is 0. The van der Waals surface area contributed by atoms with Crippen molar-refractivity contribution in [1.29, 1.82) is 0 Å². The quantitative estimate of drug-likeness (QED) is 0.357. The third-order valence-corrected chi connectivity index (χ3v) is 8.73. The van der Waals surface area contributed by atoms with Crippen LogP contribution in [0.5, 0.6) is 0 Å². The standard InChI is InChI=1S/C16H30O6P2/c1-7-19-23(17,20-8-2)15-12-11-13(5)14(6)16(15)24(18,21-9-3)22-10-4/h11,14H,7-10,12H2,1-6H3. The zero-order chi connectivity index (χ0) is 18.4. The van der Waals surface area contributed by atoms with Gasteiger partial charge >= 0.3 is 15.2 Å². The minimum absolute atomic E-state index is 0.216. The van der Waals surface area contributed by atoms with Gasteiger partial charge in [-0.05, 0) is 41.0 Å². The van der Waals surface area contributed by atoms with Crippen LogP contribution in [0.3, 0.4) is 0 Å². The van der Waals surface area contributed by atoms with Crippen LogP contribution in [0.15, 0.2) is 22.3 Å². The summed E-state index contributed by atoms with van der Waals surface area (Å²) in [6, 6.07) is 0. The summed E-state index contributed by atoms with van der Waals surface area (Å²) < 4.78 is 48.8. The Hall–Kier alpha value is -0.220. The molecule has 0 saturated heterocycles. The summed E-state index contributed by atoms with van der Waals surface area (Å²) in [6.07, 6.45) is 2.32. The average molecular weight is 380 g/mol. The molecule has 1 aliphatic carbocycles. The largest absolute Gasteiger partial charge is 0.358 e. The highest BCUT2D eigenvalue weighted by Gasteiger charge is 2.44. The van der Waals surface area contributed by atoms with Gasteiger partial charge in [-0.15, -0.1) is 0 Å². The second kappa shape index (κ2) is 9.47. The fourth-order valence-corrected chi connectivity index (χ4v) is 7.41. The van der Waals surface area contributed by atoms with Crippen LogP contribution in [0.25, 0.3) is 0 Å². The molecule has 6 nitrogen and oxygen atoms in total. The van der Waals surface area contributed by atoms with Crippen LogP contribution >= 0.6 is 15.2 Å². The van der Waals surface area contributed by atoms with Gasteiger partial charge in [0.25, 0.3) is 0 Å². The molecule has 24 heavy (non-hydrogen) atoms. The Morgan fingerprint density at radius 1 is 0.917 bits per heavy atom. The maximum Gasteiger partial charge on any atom is 0.358 e. The molecule has 0 bridgehead atoms. The van der Waals surface area contributed by atoms with E-state index in [0.29, 0.717) is 17.0 Å². The molecular formula is C16H30O6P2. The number of allylic oxidation sites excluding steroid dienone is 4. The smallest absolute Gasteiger partial charge is 0.306 e. The van der Waals surface area contributed by atoms with Crippen molar-refractivity contribution in [3.05, 3.63) is 22.3 Å². The summed E-state index contributed by atoms with van der Waals surface area (Å²) in [4.78, 5) is 0. The summed E-state index contributed by atoms with van der Waals surface area (Å²) in [5.74, 6) is -0.216. The molecule has 0 radical (unpaired) electrons. The van der Waals surface area contributed by atoms with Crippen molar-refractivity contribution in [1.82, 2.24) is 0 Å². The predicted molar refractivity (Wildman–Crippen MR) is 96.3 cm³/mol. The Balaban J connectivity index is 3.58. The Morgan fingerprint density at radius 3 is 1.75 bits per heavy atom. The highest BCUT2D eigenvalue weighted by molar-refractivity contribution is 7.63. The van der Waals surface area contributed by atoms with Gasteiger partial charge in [0.1, 0.15) is 0 Å². The zero-order valence-corrected chi connectivity index (χ0v) is 17.3. The molecule has 0 aromatic carbocycles. The summed E-state index contributed by atoms with van der Waals surface area (Å²) in [5.41, 5.74) is 1.04. The Bertz CT molecular complexity index is 561. The fraction of sp³-hybridized carbons (Fsp3) is 0.750. The first-order valence-corrected chi connectivity index (χ1v) is 11.6. The normalized spacial score (nSPS) is 19.6. The van der Waals surface area contributed by atoms with Gasteiger partial charge in [0.2, 0.25) is 0 Å². The second-order valence-corrected chi connectivity index (χ2v) is 9.42. The van der Waals surface area contributed by atoms with Crippen LogP contribution in [-0.2, 0) is 27.2 Å². The van der Waals surface area contributed by atoms with E-state index in [1.807, 2.05) is 19.9 Å². The lowest BCUT2D eigenvalue weighted by Gasteiger charge is -2.32. The molecule has 0 spiro atoms. The molecule has 1 aliphatic rings. The van der Waals surface area contributed by atoms with Crippen LogP contribution in [0.4, 0.5) is 0 Å². The molecule has 0 aromatic rings. The molecule has 0 aliphatic heterocycles. The van der Waals surface area contributed by atoms with Crippen LogP contribution < -0.4 is 0 Å². The summed E-state index contributed by atoms with van der Waals surface area (Å²) in [5, 5.41) is 0.839. The van der Waals surface area contributed by atoms with E-state index in [4.69, 9.17) is 18.1 Å². The van der Waals surface area contributed by atoms with E-state index in [1.54, 1.807) is 27.7 Å². The van der Waals surface area contributed by atoms with Gasteiger partial charge in [-0.3, -0.25) is 9.13 Å². The minimum Gasteiger partial charge on any atom is -0.306 e. The van der Waals surface area contributed by atoms with E-state index in [9.17, 15) is 9.13 Å². The molecule has 0 N–H and O–H groups in total. The molecule has 1 atom stereocenters. The molecule has 8 heteroatoms. The minimum atomic E-state index is -3.58. The van der Waals surface area contributed by atoms with Crippen molar-refractivity contribution >= 4 is 15.2 Å². The van der Waals surface area contributed by atoms with Gasteiger partial charge in [0.05, 0.1) is 37.1 Å². The van der Waals surface area contributed by atoms with Gasteiger partial charge in [-0.1, -0.05) is 18.6 Å². The van der Waals surface area contributed by atoms with Crippen molar-refractivity contribution in [2.75, 3.05) is 26.4 Å². The van der Waals surface area contributed by atoms with Crippen molar-refractivity contribution < 1.29 is 27.2 Å². The third kappa shape index (κ3) is 4.69. The van der Waals surface area contributed by atoms with Crippen molar-refractivity contribution in [2.24, 2.45) is 5.92 Å². The van der Waals surface area contributed by atoms with Gasteiger partial charge in [0.15, 0.2) is 0 Å². The van der Waals surface area contributed by atoms with Crippen LogP contribution in [0.1, 0.15) is 48.0 Å². The lowest BCUT2D eigenvalue weighted by molar-refractivity contribution is 0.218. The molecule has 0 heterocycles. The van der Waals surface area contributed by atoms with E-state index >= 15 is 0 Å². The van der Waals surface area contributed by atoms with Crippen molar-refractivity contribution in [2.45, 2.75) is 48.0 Å². The summed E-state index contributed by atoms with van der Waals surface area (Å²) in [6.45, 7) is 11.8. The summed E-state index contributed by atoms with van der Waals surface area (Å²) >= 11 is 0. The number of rotatable bonds is 10. The van der Waals surface area contributed by atoms with Crippen molar-refractivity contribution in [3.8, 4) is 0 Å². The molecule has 0 aromatic heterocycles. The maximum atomic E-state index is 13.4. The SMILES string of the molecule is CCOP(=O)(OCC)C1=C(P(=O)(OCC)OCC)C(C)C(C)=CC1. The topological polar surface area (TPSA) is 71.1 Å². The highest BCUT2D eigenvalue weighted by atomic mass is 31.2. The Morgan fingerprint density at radius 2 is 1.33 bits per heavy atom. The molecule has 0 fully saturated rings. The molecule has 1 rings (SSSR count). The summed E-state index contributed by atoms with van der Waals surface area (Å²) in [7, 11) is -7.14. The first-order valence-electron chi connectivity index (χ1n) is 8.48. The van der Waals surface area contributed by atoms with Gasteiger partial charge in [-0.2, -0.15) is 0 Å². The molecule has 140 valence electrons. The zero-order valence-electron chi connectivity index (χ0n) is 15.5. The molecule has 1 unspecified atom stereocenters. The van der Waals surface area contributed by atoms with Gasteiger partial charge in [0, 0.05) is 5.92 Å². The first kappa shape index (κ1) is 21.8. The van der Waals surface area contributed by atoms with E-state index in [-0.39, 0.29) is 32.3 Å². The third-order valence-electron chi connectivity index (χ3n) is 3.83. The van der Waals surface area contributed by atoms with Crippen molar-refractivity contribution in [3.63, 3.8) is 0 Å². The van der Waals surface area contributed by atoms with E-state index in [2.05, 4.69) is 0 Å². The second-order valence-electron chi connectivity index (χ2n) is 5.37.